The summed E-state index contributed by atoms with van der Waals surface area (Å²) in [5.41, 5.74) is 0.652. The predicted molar refractivity (Wildman–Crippen MR) is 76.8 cm³/mol. The minimum atomic E-state index is -0.251. The second kappa shape index (κ2) is 5.23. The van der Waals surface area contributed by atoms with Crippen molar-refractivity contribution < 1.29 is 4.79 Å². The van der Waals surface area contributed by atoms with Gasteiger partial charge in [-0.05, 0) is 26.2 Å². The molecule has 0 saturated heterocycles. The molecular formula is C14H26N4O. The lowest BCUT2D eigenvalue weighted by molar-refractivity contribution is 0.208. The summed E-state index contributed by atoms with van der Waals surface area (Å²) < 4.78 is 1.94. The molecule has 1 rings (SSSR count). The monoisotopic (exact) mass is 266 g/mol. The van der Waals surface area contributed by atoms with E-state index in [4.69, 9.17) is 0 Å². The molecule has 2 amide bonds. The highest BCUT2D eigenvalue weighted by Gasteiger charge is 2.30. The van der Waals surface area contributed by atoms with Crippen molar-refractivity contribution in [1.29, 1.82) is 0 Å². The first-order chi connectivity index (χ1) is 8.50. The first-order valence-electron chi connectivity index (χ1n) is 6.55. The van der Waals surface area contributed by atoms with Gasteiger partial charge in [0.2, 0.25) is 0 Å². The lowest BCUT2D eigenvalue weighted by atomic mass is 9.85. The zero-order chi connectivity index (χ0) is 14.8. The molecule has 0 bridgehead atoms. The topological polar surface area (TPSA) is 59.0 Å². The Labute approximate surface area is 115 Å². The second-order valence-corrected chi connectivity index (χ2v) is 7.08. The maximum absolute atomic E-state index is 12.1. The Bertz CT molecular complexity index is 437. The summed E-state index contributed by atoms with van der Waals surface area (Å²) in [5, 5.41) is 5.97. The smallest absolute Gasteiger partial charge is 0.315 e. The van der Waals surface area contributed by atoms with Gasteiger partial charge in [-0.2, -0.15) is 0 Å². The molecule has 1 heterocycles. The molecule has 0 aliphatic heterocycles. The van der Waals surface area contributed by atoms with Gasteiger partial charge in [0.25, 0.3) is 0 Å². The number of aromatic nitrogens is 2. The number of nitrogens with zero attached hydrogens (tertiary/aromatic N) is 2. The molecular weight excluding hydrogens is 240 g/mol. The number of imidazole rings is 1. The highest BCUT2D eigenvalue weighted by molar-refractivity contribution is 5.75. The Morgan fingerprint density at radius 1 is 1.26 bits per heavy atom. The van der Waals surface area contributed by atoms with E-state index in [1.165, 1.54) is 0 Å². The van der Waals surface area contributed by atoms with Gasteiger partial charge in [-0.1, -0.05) is 20.8 Å². The summed E-state index contributed by atoms with van der Waals surface area (Å²) in [6.45, 7) is 12.2. The zero-order valence-corrected chi connectivity index (χ0v) is 13.0. The number of amides is 2. The van der Waals surface area contributed by atoms with Crippen molar-refractivity contribution in [2.45, 2.75) is 53.1 Å². The van der Waals surface area contributed by atoms with E-state index in [2.05, 4.69) is 36.4 Å². The van der Waals surface area contributed by atoms with Crippen LogP contribution >= 0.6 is 0 Å². The Morgan fingerprint density at radius 3 is 2.21 bits per heavy atom. The molecule has 5 heteroatoms. The number of carbonyl (C=O) groups excluding carboxylic acids is 1. The second-order valence-electron chi connectivity index (χ2n) is 7.08. The SMILES string of the molecule is Cn1cncc1C(NC(=O)NC(C)(C)C)C(C)(C)C. The van der Waals surface area contributed by atoms with Crippen LogP contribution < -0.4 is 10.6 Å². The number of nitrogens with one attached hydrogen (secondary N) is 2. The molecule has 0 aromatic carbocycles. The van der Waals surface area contributed by atoms with Crippen molar-refractivity contribution in [2.75, 3.05) is 0 Å². The molecule has 1 atom stereocenters. The van der Waals surface area contributed by atoms with Gasteiger partial charge in [0.05, 0.1) is 24.3 Å². The number of carbonyl (C=O) groups is 1. The molecule has 0 fully saturated rings. The van der Waals surface area contributed by atoms with Crippen LogP contribution in [0.3, 0.4) is 0 Å². The van der Waals surface area contributed by atoms with E-state index >= 15 is 0 Å². The highest BCUT2D eigenvalue weighted by Crippen LogP contribution is 2.32. The third-order valence-electron chi connectivity index (χ3n) is 2.78. The van der Waals surface area contributed by atoms with E-state index in [-0.39, 0.29) is 23.0 Å². The van der Waals surface area contributed by atoms with Crippen LogP contribution in [0.25, 0.3) is 0 Å². The molecule has 1 unspecified atom stereocenters. The Balaban J connectivity index is 2.90. The maximum Gasteiger partial charge on any atom is 0.315 e. The number of aryl methyl sites for hydroxylation is 1. The van der Waals surface area contributed by atoms with Crippen molar-refractivity contribution in [3.8, 4) is 0 Å². The fourth-order valence-corrected chi connectivity index (χ4v) is 1.89. The van der Waals surface area contributed by atoms with Crippen LogP contribution in [0.4, 0.5) is 4.79 Å². The molecule has 0 saturated carbocycles. The van der Waals surface area contributed by atoms with Crippen LogP contribution in [0.5, 0.6) is 0 Å². The zero-order valence-electron chi connectivity index (χ0n) is 13.0. The first kappa shape index (κ1) is 15.5. The summed E-state index contributed by atoms with van der Waals surface area (Å²) in [6, 6.07) is -0.254. The van der Waals surface area contributed by atoms with Crippen LogP contribution in [0.15, 0.2) is 12.5 Å². The Morgan fingerprint density at radius 2 is 1.84 bits per heavy atom. The molecule has 0 aliphatic carbocycles. The van der Waals surface area contributed by atoms with Gasteiger partial charge in [-0.15, -0.1) is 0 Å². The first-order valence-corrected chi connectivity index (χ1v) is 6.55. The molecule has 0 aliphatic rings. The van der Waals surface area contributed by atoms with E-state index in [0.717, 1.165) is 5.69 Å². The lowest BCUT2D eigenvalue weighted by Crippen LogP contribution is -2.49. The van der Waals surface area contributed by atoms with E-state index in [1.807, 2.05) is 32.4 Å². The summed E-state index contributed by atoms with van der Waals surface area (Å²) in [6.07, 6.45) is 3.55. The lowest BCUT2D eigenvalue weighted by Gasteiger charge is -2.33. The Hall–Kier alpha value is -1.52. The molecule has 0 spiro atoms. The molecule has 1 aromatic heterocycles. The fourth-order valence-electron chi connectivity index (χ4n) is 1.89. The number of hydrogen-bond acceptors (Lipinski definition) is 2. The third kappa shape index (κ3) is 4.58. The molecule has 108 valence electrons. The largest absolute Gasteiger partial charge is 0.336 e. The third-order valence-corrected chi connectivity index (χ3v) is 2.78. The van der Waals surface area contributed by atoms with Crippen molar-refractivity contribution in [3.05, 3.63) is 18.2 Å². The van der Waals surface area contributed by atoms with Crippen LogP contribution in [-0.2, 0) is 7.05 Å². The van der Waals surface area contributed by atoms with Crippen molar-refractivity contribution in [3.63, 3.8) is 0 Å². The average molecular weight is 266 g/mol. The van der Waals surface area contributed by atoms with Gasteiger partial charge < -0.3 is 15.2 Å². The molecule has 19 heavy (non-hydrogen) atoms. The quantitative estimate of drug-likeness (QED) is 0.864. The van der Waals surface area contributed by atoms with Crippen LogP contribution in [-0.4, -0.2) is 21.1 Å². The van der Waals surface area contributed by atoms with E-state index in [9.17, 15) is 4.79 Å². The maximum atomic E-state index is 12.1. The van der Waals surface area contributed by atoms with Crippen LogP contribution in [0, 0.1) is 5.41 Å². The van der Waals surface area contributed by atoms with Gasteiger partial charge in [0.1, 0.15) is 0 Å². The Kier molecular flexibility index (Phi) is 4.28. The van der Waals surface area contributed by atoms with Gasteiger partial charge >= 0.3 is 6.03 Å². The average Bonchev–Trinajstić information content (AvgIpc) is 2.56. The minimum absolute atomic E-state index is 0.0942. The summed E-state index contributed by atoms with van der Waals surface area (Å²) in [4.78, 5) is 16.2. The fraction of sp³-hybridized carbons (Fsp3) is 0.714. The molecule has 1 aromatic rings. The number of hydrogen-bond donors (Lipinski definition) is 2. The van der Waals surface area contributed by atoms with Gasteiger partial charge in [0, 0.05) is 12.6 Å². The van der Waals surface area contributed by atoms with E-state index < -0.39 is 0 Å². The van der Waals surface area contributed by atoms with Gasteiger partial charge in [0.15, 0.2) is 0 Å². The summed E-state index contributed by atoms with van der Waals surface area (Å²) in [5.74, 6) is 0. The predicted octanol–water partition coefficient (Wildman–Crippen LogP) is 2.61. The standard InChI is InChI=1S/C14H26N4O/c1-13(2,3)11(10-8-15-9-18(10)7)16-12(19)17-14(4,5)6/h8-9,11H,1-7H3,(H2,16,17,19). The van der Waals surface area contributed by atoms with E-state index in [1.54, 1.807) is 12.5 Å². The normalized spacial score (nSPS) is 14.1. The van der Waals surface area contributed by atoms with Gasteiger partial charge in [-0.25, -0.2) is 9.78 Å². The van der Waals surface area contributed by atoms with Crippen molar-refractivity contribution in [1.82, 2.24) is 20.2 Å². The van der Waals surface area contributed by atoms with Crippen LogP contribution in [0.2, 0.25) is 0 Å². The van der Waals surface area contributed by atoms with Crippen LogP contribution in [0.1, 0.15) is 53.3 Å². The van der Waals surface area contributed by atoms with Gasteiger partial charge in [-0.3, -0.25) is 0 Å². The van der Waals surface area contributed by atoms with Crippen molar-refractivity contribution >= 4 is 6.03 Å². The molecule has 5 nitrogen and oxygen atoms in total. The highest BCUT2D eigenvalue weighted by atomic mass is 16.2. The molecule has 2 N–H and O–H groups in total. The number of urea groups is 1. The van der Waals surface area contributed by atoms with Crippen molar-refractivity contribution in [2.24, 2.45) is 12.5 Å². The summed E-state index contributed by atoms with van der Waals surface area (Å²) >= 11 is 0. The van der Waals surface area contributed by atoms with E-state index in [0.29, 0.717) is 0 Å². The minimum Gasteiger partial charge on any atom is -0.336 e. The number of rotatable bonds is 2. The summed E-state index contributed by atoms with van der Waals surface area (Å²) in [7, 11) is 1.93. The molecule has 0 radical (unpaired) electrons.